The largest absolute Gasteiger partial charge is 0.343 e. The van der Waals surface area contributed by atoms with Crippen molar-refractivity contribution in [1.29, 1.82) is 0 Å². The molecule has 0 radical (unpaired) electrons. The summed E-state index contributed by atoms with van der Waals surface area (Å²) in [5.74, 6) is -0.111. The molecule has 0 aliphatic carbocycles. The molecule has 1 aromatic carbocycles. The van der Waals surface area contributed by atoms with E-state index < -0.39 is 6.29 Å². The number of hydrogen-bond acceptors (Lipinski definition) is 3. The second kappa shape index (κ2) is 6.83. The topological polar surface area (TPSA) is 35.5 Å². The molecule has 3 nitrogen and oxygen atoms in total. The minimum atomic E-state index is -0.832. The first-order valence-corrected chi connectivity index (χ1v) is 6.73. The summed E-state index contributed by atoms with van der Waals surface area (Å²) in [5, 5.41) is 0. The van der Waals surface area contributed by atoms with E-state index in [-0.39, 0.29) is 18.0 Å². The summed E-state index contributed by atoms with van der Waals surface area (Å²) in [4.78, 5) is 12.5. The molecule has 0 amide bonds. The molecule has 0 unspecified atom stereocenters. The number of ketones is 1. The lowest BCUT2D eigenvalue weighted by Gasteiger charge is -2.22. The number of carbonyl (C=O) groups excluding carboxylic acids is 1. The van der Waals surface area contributed by atoms with Crippen molar-refractivity contribution in [3.8, 4) is 0 Å². The molecule has 0 N–H and O–H groups in total. The van der Waals surface area contributed by atoms with Gasteiger partial charge in [0.05, 0.1) is 12.2 Å². The molecule has 0 saturated carbocycles. The molecule has 0 saturated heterocycles. The van der Waals surface area contributed by atoms with Crippen LogP contribution in [0.2, 0.25) is 0 Å². The standard InChI is InChI=1S/C16H24O3/c1-10(2)18-16(19-11(3)4)15(17)14-8-7-12(5)9-13(14)6/h7-11,16H,1-6H3. The predicted octanol–water partition coefficient (Wildman–Crippen LogP) is 3.66. The molecule has 106 valence electrons. The zero-order chi connectivity index (χ0) is 14.6. The maximum atomic E-state index is 12.5. The number of ether oxygens (including phenoxy) is 2. The number of aryl methyl sites for hydroxylation is 2. The Hall–Kier alpha value is -1.19. The van der Waals surface area contributed by atoms with Crippen LogP contribution in [0.15, 0.2) is 18.2 Å². The zero-order valence-electron chi connectivity index (χ0n) is 12.7. The third kappa shape index (κ3) is 4.77. The number of benzene rings is 1. The first-order valence-electron chi connectivity index (χ1n) is 6.73. The fourth-order valence-corrected chi connectivity index (χ4v) is 1.87. The van der Waals surface area contributed by atoms with Gasteiger partial charge in [0.15, 0.2) is 0 Å². The molecule has 0 spiro atoms. The summed E-state index contributed by atoms with van der Waals surface area (Å²) in [6, 6.07) is 5.77. The molecule has 3 heteroatoms. The van der Waals surface area contributed by atoms with Crippen LogP contribution < -0.4 is 0 Å². The average molecular weight is 264 g/mol. The maximum Gasteiger partial charge on any atom is 0.223 e. The predicted molar refractivity (Wildman–Crippen MR) is 76.5 cm³/mol. The Morgan fingerprint density at radius 2 is 1.53 bits per heavy atom. The molecule has 19 heavy (non-hydrogen) atoms. The van der Waals surface area contributed by atoms with Crippen molar-refractivity contribution in [2.45, 2.75) is 60.0 Å². The van der Waals surface area contributed by atoms with E-state index in [1.807, 2.05) is 59.7 Å². The SMILES string of the molecule is Cc1ccc(C(=O)C(OC(C)C)OC(C)C)c(C)c1. The normalized spacial score (nSPS) is 11.6. The fourth-order valence-electron chi connectivity index (χ4n) is 1.87. The highest BCUT2D eigenvalue weighted by atomic mass is 16.7. The molecule has 0 atom stereocenters. The minimum absolute atomic E-state index is 0.0570. The van der Waals surface area contributed by atoms with Crippen LogP contribution in [0.5, 0.6) is 0 Å². The van der Waals surface area contributed by atoms with Crippen LogP contribution in [0.25, 0.3) is 0 Å². The van der Waals surface area contributed by atoms with E-state index in [0.717, 1.165) is 11.1 Å². The van der Waals surface area contributed by atoms with Gasteiger partial charge in [0.2, 0.25) is 12.1 Å². The molecule has 0 aliphatic rings. The average Bonchev–Trinajstić information content (AvgIpc) is 2.26. The second-order valence-electron chi connectivity index (χ2n) is 5.38. The van der Waals surface area contributed by atoms with Gasteiger partial charge in [-0.25, -0.2) is 0 Å². The van der Waals surface area contributed by atoms with Gasteiger partial charge in [0.1, 0.15) is 0 Å². The van der Waals surface area contributed by atoms with Crippen molar-refractivity contribution in [2.24, 2.45) is 0 Å². The number of carbonyl (C=O) groups is 1. The first-order chi connectivity index (χ1) is 8.81. The molecule has 0 heterocycles. The van der Waals surface area contributed by atoms with Crippen LogP contribution in [0.1, 0.15) is 49.2 Å². The highest BCUT2D eigenvalue weighted by Crippen LogP contribution is 2.16. The number of Topliss-reactive ketones (excluding diaryl/α,β-unsaturated/α-hetero) is 1. The highest BCUT2D eigenvalue weighted by molar-refractivity contribution is 6.00. The van der Waals surface area contributed by atoms with E-state index in [1.165, 1.54) is 0 Å². The summed E-state index contributed by atoms with van der Waals surface area (Å²) in [6.45, 7) is 11.5. The summed E-state index contributed by atoms with van der Waals surface area (Å²) in [5.41, 5.74) is 2.76. The van der Waals surface area contributed by atoms with Crippen LogP contribution in [0, 0.1) is 13.8 Å². The molecule has 0 fully saturated rings. The van der Waals surface area contributed by atoms with Gasteiger partial charge in [-0.3, -0.25) is 4.79 Å². The third-order valence-electron chi connectivity index (χ3n) is 2.65. The van der Waals surface area contributed by atoms with Gasteiger partial charge in [-0.15, -0.1) is 0 Å². The van der Waals surface area contributed by atoms with Gasteiger partial charge in [-0.05, 0) is 47.1 Å². The van der Waals surface area contributed by atoms with Crippen molar-refractivity contribution in [2.75, 3.05) is 0 Å². The monoisotopic (exact) mass is 264 g/mol. The molecule has 1 aromatic rings. The van der Waals surface area contributed by atoms with Gasteiger partial charge >= 0.3 is 0 Å². The summed E-state index contributed by atoms with van der Waals surface area (Å²) < 4.78 is 11.2. The number of hydrogen-bond donors (Lipinski definition) is 0. The summed E-state index contributed by atoms with van der Waals surface area (Å²) >= 11 is 0. The Kier molecular flexibility index (Phi) is 5.70. The smallest absolute Gasteiger partial charge is 0.223 e. The van der Waals surface area contributed by atoms with Crippen LogP contribution in [-0.4, -0.2) is 24.3 Å². The molecular weight excluding hydrogens is 240 g/mol. The van der Waals surface area contributed by atoms with Crippen molar-refractivity contribution < 1.29 is 14.3 Å². The Bertz CT molecular complexity index is 426. The fraction of sp³-hybridized carbons (Fsp3) is 0.562. The van der Waals surface area contributed by atoms with E-state index in [4.69, 9.17) is 9.47 Å². The van der Waals surface area contributed by atoms with Crippen LogP contribution >= 0.6 is 0 Å². The van der Waals surface area contributed by atoms with Gasteiger partial charge < -0.3 is 9.47 Å². The molecule has 1 rings (SSSR count). The molecule has 0 aliphatic heterocycles. The minimum Gasteiger partial charge on any atom is -0.343 e. The third-order valence-corrected chi connectivity index (χ3v) is 2.65. The van der Waals surface area contributed by atoms with Crippen molar-refractivity contribution >= 4 is 5.78 Å². The molecule has 0 aromatic heterocycles. The van der Waals surface area contributed by atoms with Gasteiger partial charge in [-0.2, -0.15) is 0 Å². The van der Waals surface area contributed by atoms with Gasteiger partial charge in [0.25, 0.3) is 0 Å². The maximum absolute atomic E-state index is 12.5. The molecular formula is C16H24O3. The van der Waals surface area contributed by atoms with Gasteiger partial charge in [-0.1, -0.05) is 23.8 Å². The van der Waals surface area contributed by atoms with Gasteiger partial charge in [0, 0.05) is 5.56 Å². The van der Waals surface area contributed by atoms with Crippen molar-refractivity contribution in [1.82, 2.24) is 0 Å². The van der Waals surface area contributed by atoms with E-state index in [2.05, 4.69) is 0 Å². The lowest BCUT2D eigenvalue weighted by molar-refractivity contribution is -0.152. The Morgan fingerprint density at radius 1 is 1.00 bits per heavy atom. The summed E-state index contributed by atoms with van der Waals surface area (Å²) in [6.07, 6.45) is -0.946. The lowest BCUT2D eigenvalue weighted by atomic mass is 10.0. The van der Waals surface area contributed by atoms with E-state index in [1.54, 1.807) is 0 Å². The van der Waals surface area contributed by atoms with Crippen molar-refractivity contribution in [3.63, 3.8) is 0 Å². The summed E-state index contributed by atoms with van der Waals surface area (Å²) in [7, 11) is 0. The van der Waals surface area contributed by atoms with E-state index >= 15 is 0 Å². The Balaban J connectivity index is 2.97. The lowest BCUT2D eigenvalue weighted by Crippen LogP contribution is -2.33. The van der Waals surface area contributed by atoms with E-state index in [9.17, 15) is 4.79 Å². The Labute approximate surface area is 115 Å². The first kappa shape index (κ1) is 15.9. The van der Waals surface area contributed by atoms with Crippen molar-refractivity contribution in [3.05, 3.63) is 34.9 Å². The number of rotatable bonds is 6. The second-order valence-corrected chi connectivity index (χ2v) is 5.38. The quantitative estimate of drug-likeness (QED) is 0.581. The molecule has 0 bridgehead atoms. The Morgan fingerprint density at radius 3 is 1.95 bits per heavy atom. The van der Waals surface area contributed by atoms with Crippen LogP contribution in [-0.2, 0) is 9.47 Å². The zero-order valence-corrected chi connectivity index (χ0v) is 12.7. The van der Waals surface area contributed by atoms with Crippen LogP contribution in [0.3, 0.4) is 0 Å². The van der Waals surface area contributed by atoms with Crippen LogP contribution in [0.4, 0.5) is 0 Å². The van der Waals surface area contributed by atoms with E-state index in [0.29, 0.717) is 5.56 Å². The highest BCUT2D eigenvalue weighted by Gasteiger charge is 2.25.